The molecule has 3 N–H and O–H groups in total. The van der Waals surface area contributed by atoms with Crippen LogP contribution in [0, 0.1) is 6.92 Å². The van der Waals surface area contributed by atoms with Crippen LogP contribution < -0.4 is 10.1 Å². The normalized spacial score (nSPS) is 26.0. The molecule has 4 aliphatic rings. The number of hydrogen-bond acceptors (Lipinski definition) is 5. The van der Waals surface area contributed by atoms with Gasteiger partial charge in [-0.1, -0.05) is 25.1 Å². The van der Waals surface area contributed by atoms with Gasteiger partial charge < -0.3 is 25.2 Å². The molecule has 2 fully saturated rings. The molecule has 6 rings (SSSR count). The van der Waals surface area contributed by atoms with E-state index in [2.05, 4.69) is 36.2 Å². The molecule has 2 heterocycles. The van der Waals surface area contributed by atoms with Crippen LogP contribution in [0.3, 0.4) is 0 Å². The third kappa shape index (κ3) is 5.04. The molecular weight excluding hydrogens is 528 g/mol. The average molecular weight is 568 g/mol. The van der Waals surface area contributed by atoms with E-state index in [1.54, 1.807) is 13.2 Å². The zero-order chi connectivity index (χ0) is 23.1. The van der Waals surface area contributed by atoms with Crippen molar-refractivity contribution >= 4 is 29.4 Å². The maximum atomic E-state index is 9.92. The molecule has 194 valence electrons. The second-order valence-electron chi connectivity index (χ2n) is 10.1. The van der Waals surface area contributed by atoms with E-state index >= 15 is 0 Å². The van der Waals surface area contributed by atoms with Crippen LogP contribution in [0.5, 0.6) is 17.2 Å². The number of likely N-dealkylation sites (tertiary alicyclic amines) is 1. The predicted molar refractivity (Wildman–Crippen MR) is 149 cm³/mol. The van der Waals surface area contributed by atoms with Crippen LogP contribution in [0.15, 0.2) is 24.3 Å². The molecule has 2 aliphatic carbocycles. The molecule has 0 bridgehead atoms. The van der Waals surface area contributed by atoms with E-state index in [1.165, 1.54) is 48.1 Å². The Bertz CT molecular complexity index is 1030. The monoisotopic (exact) mass is 566 g/mol. The van der Waals surface area contributed by atoms with Gasteiger partial charge in [0.05, 0.1) is 7.11 Å². The Morgan fingerprint density at radius 2 is 1.69 bits per heavy atom. The van der Waals surface area contributed by atoms with Crippen molar-refractivity contribution in [1.29, 1.82) is 0 Å². The van der Waals surface area contributed by atoms with E-state index in [-0.39, 0.29) is 40.9 Å². The van der Waals surface area contributed by atoms with Gasteiger partial charge in [-0.05, 0) is 93.4 Å². The van der Waals surface area contributed by atoms with Crippen LogP contribution in [-0.4, -0.2) is 53.9 Å². The Labute approximate surface area is 226 Å². The summed E-state index contributed by atoms with van der Waals surface area (Å²) in [6, 6.07) is 9.50. The van der Waals surface area contributed by atoms with Gasteiger partial charge in [0, 0.05) is 29.5 Å². The second kappa shape index (κ2) is 11.7. The maximum Gasteiger partial charge on any atom is 0.160 e. The van der Waals surface area contributed by atoms with E-state index in [0.717, 1.165) is 49.6 Å². The van der Waals surface area contributed by atoms with Gasteiger partial charge in [-0.15, -0.1) is 29.4 Å². The summed E-state index contributed by atoms with van der Waals surface area (Å²) in [5.41, 5.74) is 6.50. The van der Waals surface area contributed by atoms with Crippen molar-refractivity contribution in [2.24, 2.45) is 0 Å². The topological polar surface area (TPSA) is 65.0 Å². The van der Waals surface area contributed by atoms with Gasteiger partial charge in [0.2, 0.25) is 0 Å². The van der Waals surface area contributed by atoms with E-state index < -0.39 is 0 Å². The fourth-order valence-electron chi connectivity index (χ4n) is 6.99. The number of rotatable bonds is 2. The molecular formula is C28H40BrClN2O3. The summed E-state index contributed by atoms with van der Waals surface area (Å²) < 4.78 is 5.57. The van der Waals surface area contributed by atoms with Crippen molar-refractivity contribution in [2.45, 2.75) is 76.3 Å². The van der Waals surface area contributed by atoms with Gasteiger partial charge in [0.25, 0.3) is 0 Å². The molecule has 2 aromatic rings. The molecule has 5 nitrogen and oxygen atoms in total. The summed E-state index contributed by atoms with van der Waals surface area (Å²) in [5, 5.41) is 23.1. The summed E-state index contributed by atoms with van der Waals surface area (Å²) in [7, 11) is 1.79. The first-order valence-corrected chi connectivity index (χ1v) is 12.7. The molecule has 0 amide bonds. The molecule has 2 saturated heterocycles. The Morgan fingerprint density at radius 3 is 2.43 bits per heavy atom. The van der Waals surface area contributed by atoms with Gasteiger partial charge in [-0.25, -0.2) is 0 Å². The highest BCUT2D eigenvalue weighted by molar-refractivity contribution is 8.93. The van der Waals surface area contributed by atoms with E-state index in [9.17, 15) is 10.2 Å². The number of phenols is 2. The predicted octanol–water partition coefficient (Wildman–Crippen LogP) is 5.62. The highest BCUT2D eigenvalue weighted by atomic mass is 79.9. The number of ether oxygens (including phenoxy) is 1. The number of nitrogens with one attached hydrogen (secondary N) is 1. The van der Waals surface area contributed by atoms with Gasteiger partial charge >= 0.3 is 0 Å². The number of nitrogens with zero attached hydrogens (tertiary/aromatic N) is 1. The first kappa shape index (κ1) is 28.1. The lowest BCUT2D eigenvalue weighted by Gasteiger charge is -2.33. The summed E-state index contributed by atoms with van der Waals surface area (Å²) in [6.45, 7) is 7.79. The number of hydrogen-bond donors (Lipinski definition) is 3. The highest BCUT2D eigenvalue weighted by Crippen LogP contribution is 2.46. The Kier molecular flexibility index (Phi) is 9.41. The van der Waals surface area contributed by atoms with Gasteiger partial charge in [-0.3, -0.25) is 0 Å². The number of aromatic hydroxyl groups is 2. The number of benzene rings is 2. The van der Waals surface area contributed by atoms with Crippen molar-refractivity contribution < 1.29 is 14.9 Å². The smallest absolute Gasteiger partial charge is 0.160 e. The molecule has 35 heavy (non-hydrogen) atoms. The Hall–Kier alpha value is -1.47. The maximum absolute atomic E-state index is 9.92. The lowest BCUT2D eigenvalue weighted by Crippen LogP contribution is -2.34. The van der Waals surface area contributed by atoms with Crippen molar-refractivity contribution in [3.05, 3.63) is 52.1 Å². The van der Waals surface area contributed by atoms with Gasteiger partial charge in [0.1, 0.15) is 5.75 Å². The van der Waals surface area contributed by atoms with Crippen LogP contribution in [-0.2, 0) is 12.8 Å². The molecule has 2 aliphatic heterocycles. The minimum atomic E-state index is 0. The number of halogens is 2. The van der Waals surface area contributed by atoms with Crippen LogP contribution >= 0.6 is 29.4 Å². The van der Waals surface area contributed by atoms with Crippen molar-refractivity contribution in [3.8, 4) is 17.2 Å². The quantitative estimate of drug-likeness (QED) is 0.411. The molecule has 0 saturated carbocycles. The SMILES string of the molecule is Br.CCN1CC[C@@H]2c3ccc(O)c(O)c3CC[C@H]21.COc1c(C)ccc2c1CC[C@H]1NCC[C@H]21.Cl. The first-order chi connectivity index (χ1) is 16.0. The zero-order valence-electron chi connectivity index (χ0n) is 21.0. The summed E-state index contributed by atoms with van der Waals surface area (Å²) in [4.78, 5) is 2.54. The Morgan fingerprint density at radius 1 is 0.971 bits per heavy atom. The third-order valence-corrected chi connectivity index (χ3v) is 8.60. The fourth-order valence-corrected chi connectivity index (χ4v) is 6.99. The summed E-state index contributed by atoms with van der Waals surface area (Å²) in [5.74, 6) is 2.52. The lowest BCUT2D eigenvalue weighted by atomic mass is 9.79. The molecule has 0 spiro atoms. The fraction of sp³-hybridized carbons (Fsp3) is 0.571. The Balaban J connectivity index is 0.000000185. The number of fused-ring (bicyclic) bond motifs is 6. The van der Waals surface area contributed by atoms with Crippen molar-refractivity contribution in [3.63, 3.8) is 0 Å². The van der Waals surface area contributed by atoms with E-state index in [0.29, 0.717) is 18.0 Å². The third-order valence-electron chi connectivity index (χ3n) is 8.60. The highest BCUT2D eigenvalue weighted by Gasteiger charge is 2.39. The van der Waals surface area contributed by atoms with Crippen LogP contribution in [0.4, 0.5) is 0 Å². The van der Waals surface area contributed by atoms with E-state index in [4.69, 9.17) is 4.74 Å². The molecule has 7 heteroatoms. The molecule has 0 radical (unpaired) electrons. The molecule has 4 atom stereocenters. The van der Waals surface area contributed by atoms with Crippen LogP contribution in [0.2, 0.25) is 0 Å². The molecule has 2 aromatic carbocycles. The second-order valence-corrected chi connectivity index (χ2v) is 10.1. The first-order valence-electron chi connectivity index (χ1n) is 12.7. The number of likely N-dealkylation sites (N-methyl/N-ethyl adjacent to an activating group) is 1. The van der Waals surface area contributed by atoms with Crippen LogP contribution in [0.25, 0.3) is 0 Å². The minimum Gasteiger partial charge on any atom is -0.504 e. The van der Waals surface area contributed by atoms with Crippen LogP contribution in [0.1, 0.15) is 72.3 Å². The number of phenolic OH excluding ortho intramolecular Hbond substituents is 2. The zero-order valence-corrected chi connectivity index (χ0v) is 23.6. The van der Waals surface area contributed by atoms with Gasteiger partial charge in [0.15, 0.2) is 11.5 Å². The van der Waals surface area contributed by atoms with Gasteiger partial charge in [-0.2, -0.15) is 0 Å². The summed E-state index contributed by atoms with van der Waals surface area (Å²) in [6.07, 6.45) is 6.86. The number of methoxy groups -OCH3 is 1. The van der Waals surface area contributed by atoms with Crippen molar-refractivity contribution in [1.82, 2.24) is 10.2 Å². The largest absolute Gasteiger partial charge is 0.504 e. The molecule has 0 aromatic heterocycles. The lowest BCUT2D eigenvalue weighted by molar-refractivity contribution is 0.237. The minimum absolute atomic E-state index is 0. The summed E-state index contributed by atoms with van der Waals surface area (Å²) >= 11 is 0. The van der Waals surface area contributed by atoms with Crippen molar-refractivity contribution in [2.75, 3.05) is 26.7 Å². The molecule has 0 unspecified atom stereocenters. The standard InChI is InChI=1S/C14H19NO2.C14H19NO.BrH.ClH/c1-2-15-8-7-10-9-4-6-13(16)14(17)11(9)3-5-12(10)15;1-9-3-4-10-11-7-8-15-13(11)6-5-12(10)14(9)16-2;;/h4,6,10,12,16-17H,2-3,5,7-8H2,1H3;3-4,11,13,15H,5-8H2,1-2H3;2*1H/t10-,12-;11-,13-;;/m11../s1. The van der Waals surface area contributed by atoms with E-state index in [1.807, 2.05) is 6.07 Å². The average Bonchev–Trinajstić information content (AvgIpc) is 3.48. The number of aryl methyl sites for hydroxylation is 1.